The van der Waals surface area contributed by atoms with Gasteiger partial charge in [-0.05, 0) is 6.07 Å². The number of hydrogen-bond acceptors (Lipinski definition) is 3. The lowest BCUT2D eigenvalue weighted by molar-refractivity contribution is 0.427. The molecule has 0 saturated carbocycles. The number of nitrogens with one attached hydrogen (secondary N) is 1. The second kappa shape index (κ2) is 5.34. The number of rotatable bonds is 5. The quantitative estimate of drug-likeness (QED) is 0.835. The van der Waals surface area contributed by atoms with Gasteiger partial charge in [0.1, 0.15) is 12.4 Å². The van der Waals surface area contributed by atoms with E-state index in [1.54, 1.807) is 24.5 Å². The maximum Gasteiger partial charge on any atom is 0.120 e. The van der Waals surface area contributed by atoms with Crippen molar-refractivity contribution >= 4 is 5.69 Å². The SMILES string of the molecule is Oc1ccccc1CNc1cnn(CCF)c1. The van der Waals surface area contributed by atoms with E-state index in [4.69, 9.17) is 0 Å². The van der Waals surface area contributed by atoms with Crippen LogP contribution in [0.2, 0.25) is 0 Å². The zero-order valence-corrected chi connectivity index (χ0v) is 9.31. The van der Waals surface area contributed by atoms with Gasteiger partial charge in [0.2, 0.25) is 0 Å². The Morgan fingerprint density at radius 1 is 1.35 bits per heavy atom. The number of anilines is 1. The Balaban J connectivity index is 1.95. The van der Waals surface area contributed by atoms with Gasteiger partial charge in [-0.25, -0.2) is 4.39 Å². The summed E-state index contributed by atoms with van der Waals surface area (Å²) in [5.74, 6) is 0.260. The highest BCUT2D eigenvalue weighted by Crippen LogP contribution is 2.17. The fourth-order valence-corrected chi connectivity index (χ4v) is 1.52. The fourth-order valence-electron chi connectivity index (χ4n) is 1.52. The van der Waals surface area contributed by atoms with E-state index >= 15 is 0 Å². The number of phenols is 1. The normalized spacial score (nSPS) is 10.4. The van der Waals surface area contributed by atoms with Crippen LogP contribution >= 0.6 is 0 Å². The first-order chi connectivity index (χ1) is 8.29. The third-order valence-corrected chi connectivity index (χ3v) is 2.42. The summed E-state index contributed by atoms with van der Waals surface area (Å²) >= 11 is 0. The highest BCUT2D eigenvalue weighted by Gasteiger charge is 2.01. The molecule has 0 bridgehead atoms. The van der Waals surface area contributed by atoms with Gasteiger partial charge in [-0.3, -0.25) is 4.68 Å². The van der Waals surface area contributed by atoms with E-state index in [0.29, 0.717) is 6.54 Å². The van der Waals surface area contributed by atoms with Gasteiger partial charge < -0.3 is 10.4 Å². The fraction of sp³-hybridized carbons (Fsp3) is 0.250. The third-order valence-electron chi connectivity index (χ3n) is 2.42. The molecule has 0 aliphatic carbocycles. The Morgan fingerprint density at radius 2 is 2.18 bits per heavy atom. The van der Waals surface area contributed by atoms with Crippen LogP contribution in [0.5, 0.6) is 5.75 Å². The number of aryl methyl sites for hydroxylation is 1. The second-order valence-corrected chi connectivity index (χ2v) is 3.66. The van der Waals surface area contributed by atoms with Crippen LogP contribution in [-0.2, 0) is 13.1 Å². The molecule has 2 aromatic rings. The van der Waals surface area contributed by atoms with E-state index in [1.165, 1.54) is 4.68 Å². The van der Waals surface area contributed by atoms with Crippen molar-refractivity contribution < 1.29 is 9.50 Å². The molecule has 1 aromatic heterocycles. The van der Waals surface area contributed by atoms with Crippen LogP contribution in [0.4, 0.5) is 10.1 Å². The first kappa shape index (κ1) is 11.4. The summed E-state index contributed by atoms with van der Waals surface area (Å²) in [6.07, 6.45) is 3.37. The molecule has 0 aliphatic heterocycles. The van der Waals surface area contributed by atoms with Crippen molar-refractivity contribution in [2.24, 2.45) is 0 Å². The van der Waals surface area contributed by atoms with Gasteiger partial charge in [0.15, 0.2) is 0 Å². The molecule has 0 fully saturated rings. The van der Waals surface area contributed by atoms with Gasteiger partial charge in [-0.1, -0.05) is 18.2 Å². The highest BCUT2D eigenvalue weighted by molar-refractivity contribution is 5.41. The van der Waals surface area contributed by atoms with Crippen LogP contribution in [0.15, 0.2) is 36.7 Å². The lowest BCUT2D eigenvalue weighted by atomic mass is 10.2. The number of aromatic nitrogens is 2. The molecule has 90 valence electrons. The standard InChI is InChI=1S/C12H14FN3O/c13-5-6-16-9-11(8-15-16)14-7-10-3-1-2-4-12(10)17/h1-4,8-9,14,17H,5-7H2. The Bertz CT molecular complexity index is 484. The first-order valence-electron chi connectivity index (χ1n) is 5.39. The van der Waals surface area contributed by atoms with Crippen molar-refractivity contribution in [1.29, 1.82) is 0 Å². The molecule has 5 heteroatoms. The Kier molecular flexibility index (Phi) is 3.59. The van der Waals surface area contributed by atoms with E-state index in [9.17, 15) is 9.50 Å². The van der Waals surface area contributed by atoms with Crippen LogP contribution in [0.3, 0.4) is 0 Å². The average Bonchev–Trinajstić information content (AvgIpc) is 2.76. The number of phenolic OH excluding ortho intramolecular Hbond substituents is 1. The van der Waals surface area contributed by atoms with Crippen LogP contribution in [0.1, 0.15) is 5.56 Å². The van der Waals surface area contributed by atoms with E-state index in [1.807, 2.05) is 12.1 Å². The molecule has 2 N–H and O–H groups in total. The number of hydrogen-bond donors (Lipinski definition) is 2. The van der Waals surface area contributed by atoms with E-state index < -0.39 is 6.67 Å². The maximum atomic E-state index is 12.1. The minimum Gasteiger partial charge on any atom is -0.508 e. The molecule has 0 saturated heterocycles. The minimum atomic E-state index is -0.430. The van der Waals surface area contributed by atoms with E-state index in [2.05, 4.69) is 10.4 Å². The Hall–Kier alpha value is -2.04. The molecule has 1 heterocycles. The minimum absolute atomic E-state index is 0.260. The largest absolute Gasteiger partial charge is 0.508 e. The zero-order valence-electron chi connectivity index (χ0n) is 9.31. The van der Waals surface area contributed by atoms with Gasteiger partial charge >= 0.3 is 0 Å². The van der Waals surface area contributed by atoms with E-state index in [-0.39, 0.29) is 12.3 Å². The molecule has 0 aliphatic rings. The molecule has 0 unspecified atom stereocenters. The number of alkyl halides is 1. The lowest BCUT2D eigenvalue weighted by Gasteiger charge is -2.05. The summed E-state index contributed by atoms with van der Waals surface area (Å²) in [6.45, 7) is 0.340. The predicted molar refractivity (Wildman–Crippen MR) is 63.6 cm³/mol. The molecule has 4 nitrogen and oxygen atoms in total. The molecule has 1 aromatic carbocycles. The van der Waals surface area contributed by atoms with Gasteiger partial charge in [0.25, 0.3) is 0 Å². The van der Waals surface area contributed by atoms with Gasteiger partial charge in [-0.2, -0.15) is 5.10 Å². The molecule has 17 heavy (non-hydrogen) atoms. The third kappa shape index (κ3) is 2.96. The van der Waals surface area contributed by atoms with Gasteiger partial charge in [-0.15, -0.1) is 0 Å². The summed E-state index contributed by atoms with van der Waals surface area (Å²) in [5.41, 5.74) is 1.62. The van der Waals surface area contributed by atoms with Crippen LogP contribution in [0.25, 0.3) is 0 Å². The maximum absolute atomic E-state index is 12.1. The average molecular weight is 235 g/mol. The monoisotopic (exact) mass is 235 g/mol. The van der Waals surface area contributed by atoms with Crippen molar-refractivity contribution in [1.82, 2.24) is 9.78 Å². The van der Waals surface area contributed by atoms with Crippen molar-refractivity contribution in [2.45, 2.75) is 13.1 Å². The zero-order chi connectivity index (χ0) is 12.1. The number of aromatic hydroxyl groups is 1. The van der Waals surface area contributed by atoms with Crippen molar-refractivity contribution in [3.63, 3.8) is 0 Å². The van der Waals surface area contributed by atoms with Crippen molar-refractivity contribution in [3.05, 3.63) is 42.2 Å². The van der Waals surface area contributed by atoms with Crippen molar-refractivity contribution in [3.8, 4) is 5.75 Å². The highest BCUT2D eigenvalue weighted by atomic mass is 19.1. The van der Waals surface area contributed by atoms with E-state index in [0.717, 1.165) is 11.3 Å². The number of para-hydroxylation sites is 1. The molecular weight excluding hydrogens is 221 g/mol. The molecular formula is C12H14FN3O. The summed E-state index contributed by atoms with van der Waals surface area (Å²) in [4.78, 5) is 0. The van der Waals surface area contributed by atoms with Crippen LogP contribution in [-0.4, -0.2) is 21.6 Å². The molecule has 0 spiro atoms. The summed E-state index contributed by atoms with van der Waals surface area (Å²) in [5, 5.41) is 16.7. The summed E-state index contributed by atoms with van der Waals surface area (Å²) in [7, 11) is 0. The smallest absolute Gasteiger partial charge is 0.120 e. The molecule has 2 rings (SSSR count). The Morgan fingerprint density at radius 3 is 2.94 bits per heavy atom. The van der Waals surface area contributed by atoms with Crippen molar-refractivity contribution in [2.75, 3.05) is 12.0 Å². The number of benzene rings is 1. The molecule has 0 amide bonds. The number of halogens is 1. The van der Waals surface area contributed by atoms with Crippen LogP contribution in [0, 0.1) is 0 Å². The molecule has 0 radical (unpaired) electrons. The second-order valence-electron chi connectivity index (χ2n) is 3.66. The van der Waals surface area contributed by atoms with Crippen LogP contribution < -0.4 is 5.32 Å². The predicted octanol–water partition coefficient (Wildman–Crippen LogP) is 2.17. The topological polar surface area (TPSA) is 50.1 Å². The van der Waals surface area contributed by atoms with Gasteiger partial charge in [0.05, 0.1) is 18.4 Å². The Labute approximate surface area is 98.7 Å². The van der Waals surface area contributed by atoms with Gasteiger partial charge in [0, 0.05) is 18.3 Å². The first-order valence-corrected chi connectivity index (χ1v) is 5.39. The summed E-state index contributed by atoms with van der Waals surface area (Å²) in [6, 6.07) is 7.12. The lowest BCUT2D eigenvalue weighted by Crippen LogP contribution is -2.00. The summed E-state index contributed by atoms with van der Waals surface area (Å²) < 4.78 is 13.6. The molecule has 0 atom stereocenters. The number of nitrogens with zero attached hydrogens (tertiary/aromatic N) is 2.